The van der Waals surface area contributed by atoms with Crippen LogP contribution in [0.4, 0.5) is 0 Å². The predicted molar refractivity (Wildman–Crippen MR) is 213 cm³/mol. The van der Waals surface area contributed by atoms with Crippen molar-refractivity contribution in [2.24, 2.45) is 0 Å². The molecule has 0 spiro atoms. The van der Waals surface area contributed by atoms with Crippen molar-refractivity contribution in [2.45, 2.75) is 142 Å². The Kier molecular flexibility index (Phi) is 25.0. The van der Waals surface area contributed by atoms with Crippen molar-refractivity contribution in [1.29, 1.82) is 0 Å². The fraction of sp³-hybridized carbons (Fsp3) is 0.628. The van der Waals surface area contributed by atoms with Crippen LogP contribution < -0.4 is 0 Å². The molecule has 1 saturated heterocycles. The Balaban J connectivity index is 3.18. The molecule has 1 heterocycles. The minimum absolute atomic E-state index is 0.0133. The highest BCUT2D eigenvalue weighted by Gasteiger charge is 2.49. The molecule has 0 saturated carbocycles. The van der Waals surface area contributed by atoms with Crippen molar-refractivity contribution < 1.29 is 81.0 Å². The largest absolute Gasteiger partial charge is 0.462 e. The van der Waals surface area contributed by atoms with Gasteiger partial charge in [-0.3, -0.25) is 24.0 Å². The van der Waals surface area contributed by atoms with E-state index in [0.717, 1.165) is 0 Å². The zero-order chi connectivity index (χ0) is 45.3. The first-order chi connectivity index (χ1) is 28.3. The number of aldehydes is 1. The van der Waals surface area contributed by atoms with Gasteiger partial charge in [-0.2, -0.15) is 0 Å². The first-order valence-electron chi connectivity index (χ1n) is 19.9. The Hall–Kier alpha value is -5.16. The first-order valence-corrected chi connectivity index (χ1v) is 19.9. The van der Waals surface area contributed by atoms with E-state index in [1.165, 1.54) is 20.8 Å². The summed E-state index contributed by atoms with van der Waals surface area (Å²) in [5.41, 5.74) is 0.0106. The zero-order valence-corrected chi connectivity index (χ0v) is 35.7. The van der Waals surface area contributed by atoms with Crippen LogP contribution in [-0.2, 0) is 81.0 Å². The molecule has 0 aromatic heterocycles. The molecule has 0 bridgehead atoms. The van der Waals surface area contributed by atoms with Gasteiger partial charge in [0.25, 0.3) is 0 Å². The van der Waals surface area contributed by atoms with Gasteiger partial charge in [-0.05, 0) is 91.6 Å². The lowest BCUT2D eigenvalue weighted by Gasteiger charge is -2.40. The summed E-state index contributed by atoms with van der Waals surface area (Å²) in [6, 6.07) is 0. The SMILES string of the molecule is C=C(C)C(=O)OCCCCC(=O)O[C@H]1[C@H](OC(=O)CCCCOC(=O)C(=C)C)COC(OC(=O)CCCCOC(C)(C=O)C(=C)C)[C@@H]1OC(=O)CCCCOC(=O)C(=C)C. The third kappa shape index (κ3) is 21.2. The van der Waals surface area contributed by atoms with E-state index in [-0.39, 0.29) is 94.5 Å². The summed E-state index contributed by atoms with van der Waals surface area (Å²) in [6.07, 6.45) is -3.66. The van der Waals surface area contributed by atoms with Crippen LogP contribution in [0.2, 0.25) is 0 Å². The summed E-state index contributed by atoms with van der Waals surface area (Å²) in [7, 11) is 0. The average Bonchev–Trinajstić information content (AvgIpc) is 3.18. The Morgan fingerprint density at radius 2 is 0.917 bits per heavy atom. The molecule has 2 unspecified atom stereocenters. The summed E-state index contributed by atoms with van der Waals surface area (Å²) >= 11 is 0. The van der Waals surface area contributed by atoms with E-state index >= 15 is 0 Å². The van der Waals surface area contributed by atoms with Crippen molar-refractivity contribution in [2.75, 3.05) is 33.0 Å². The van der Waals surface area contributed by atoms with Crippen LogP contribution in [0, 0.1) is 0 Å². The lowest BCUT2D eigenvalue weighted by Crippen LogP contribution is -2.58. The van der Waals surface area contributed by atoms with Crippen LogP contribution in [0.15, 0.2) is 48.6 Å². The number of carbonyl (C=O) groups excluding carboxylic acids is 8. The fourth-order valence-electron chi connectivity index (χ4n) is 4.94. The molecule has 1 aliphatic rings. The van der Waals surface area contributed by atoms with E-state index < -0.39 is 78.6 Å². The van der Waals surface area contributed by atoms with Gasteiger partial charge in [0.2, 0.25) is 12.4 Å². The number of hydrogen-bond acceptors (Lipinski definition) is 17. The summed E-state index contributed by atoms with van der Waals surface area (Å²) in [6.45, 7) is 21.8. The molecule has 5 atom stereocenters. The van der Waals surface area contributed by atoms with E-state index in [2.05, 4.69) is 26.3 Å². The van der Waals surface area contributed by atoms with Crippen LogP contribution in [0.1, 0.15) is 112 Å². The van der Waals surface area contributed by atoms with E-state index in [1.807, 2.05) is 0 Å². The number of esters is 7. The lowest BCUT2D eigenvalue weighted by molar-refractivity contribution is -0.275. The number of rotatable bonds is 30. The minimum Gasteiger partial charge on any atom is -0.462 e. The topological polar surface area (TPSA) is 220 Å². The molecule has 17 nitrogen and oxygen atoms in total. The van der Waals surface area contributed by atoms with Crippen molar-refractivity contribution in [1.82, 2.24) is 0 Å². The van der Waals surface area contributed by atoms with E-state index in [9.17, 15) is 38.4 Å². The van der Waals surface area contributed by atoms with Crippen molar-refractivity contribution in [3.05, 3.63) is 48.6 Å². The molecular weight excluding hydrogens is 788 g/mol. The Morgan fingerprint density at radius 1 is 0.550 bits per heavy atom. The van der Waals surface area contributed by atoms with Gasteiger partial charge in [-0.1, -0.05) is 26.3 Å². The minimum atomic E-state index is -1.59. The highest BCUT2D eigenvalue weighted by molar-refractivity contribution is 5.87. The number of hydrogen-bond donors (Lipinski definition) is 0. The average molecular weight is 851 g/mol. The summed E-state index contributed by atoms with van der Waals surface area (Å²) in [5.74, 6) is -4.78. The van der Waals surface area contributed by atoms with Crippen LogP contribution in [0.3, 0.4) is 0 Å². The number of ether oxygens (including phenoxy) is 9. The molecule has 0 N–H and O–H groups in total. The molecule has 0 radical (unpaired) electrons. The zero-order valence-electron chi connectivity index (χ0n) is 35.7. The highest BCUT2D eigenvalue weighted by Crippen LogP contribution is 2.27. The Bertz CT molecular complexity index is 1550. The molecule has 0 aliphatic carbocycles. The standard InChI is InChI=1S/C43H62O17/c1-28(2)39(49)52-22-14-10-18-33(45)57-32-26-55-42(60-36(48)21-13-17-25-56-43(9,27-44)31(7)8)38(59-35(47)20-12-16-24-54-41(51)30(5)6)37(32)58-34(46)19-11-15-23-53-40(50)29(3)4/h27,32,37-38,42H,1,3,5,7,10-26H2,2,4,6,8-9H3/t32-,37+,38-,42?,43?/m1/s1. The van der Waals surface area contributed by atoms with Crippen molar-refractivity contribution in [3.63, 3.8) is 0 Å². The monoisotopic (exact) mass is 850 g/mol. The summed E-state index contributed by atoms with van der Waals surface area (Å²) in [5, 5.41) is 0. The van der Waals surface area contributed by atoms with Crippen molar-refractivity contribution >= 4 is 48.1 Å². The van der Waals surface area contributed by atoms with Crippen molar-refractivity contribution in [3.8, 4) is 0 Å². The second-order valence-electron chi connectivity index (χ2n) is 14.6. The molecule has 0 aromatic rings. The third-order valence-corrected chi connectivity index (χ3v) is 8.77. The van der Waals surface area contributed by atoms with E-state index in [1.54, 1.807) is 13.8 Å². The maximum Gasteiger partial charge on any atom is 0.333 e. The maximum atomic E-state index is 13.2. The van der Waals surface area contributed by atoms with Gasteiger partial charge in [-0.15, -0.1) is 0 Å². The lowest BCUT2D eigenvalue weighted by atomic mass is 10.0. The molecule has 0 amide bonds. The molecule has 1 rings (SSSR count). The van der Waals surface area contributed by atoms with Crippen LogP contribution in [0.25, 0.3) is 0 Å². The molecule has 0 aromatic carbocycles. The Morgan fingerprint density at radius 3 is 1.30 bits per heavy atom. The summed E-state index contributed by atoms with van der Waals surface area (Å²) in [4.78, 5) is 99.1. The maximum absolute atomic E-state index is 13.2. The van der Waals surface area contributed by atoms with Crippen LogP contribution >= 0.6 is 0 Å². The third-order valence-electron chi connectivity index (χ3n) is 8.77. The molecular formula is C43H62O17. The molecule has 1 fully saturated rings. The van der Waals surface area contributed by atoms with Gasteiger partial charge < -0.3 is 42.6 Å². The molecule has 17 heteroatoms. The van der Waals surface area contributed by atoms with E-state index in [4.69, 9.17) is 42.6 Å². The van der Waals surface area contributed by atoms with Gasteiger partial charge >= 0.3 is 41.8 Å². The number of unbranched alkanes of at least 4 members (excludes halogenated alkanes) is 4. The quantitative estimate of drug-likeness (QED) is 0.0226. The smallest absolute Gasteiger partial charge is 0.333 e. The molecule has 60 heavy (non-hydrogen) atoms. The number of carbonyl (C=O) groups is 8. The van der Waals surface area contributed by atoms with Gasteiger partial charge in [0.05, 0.1) is 26.4 Å². The van der Waals surface area contributed by atoms with Gasteiger partial charge in [-0.25, -0.2) is 14.4 Å². The second kappa shape index (κ2) is 28.3. The van der Waals surface area contributed by atoms with E-state index in [0.29, 0.717) is 37.5 Å². The normalized spacial score (nSPS) is 18.0. The van der Waals surface area contributed by atoms with Gasteiger partial charge in [0, 0.05) is 49.0 Å². The highest BCUT2D eigenvalue weighted by atomic mass is 16.7. The van der Waals surface area contributed by atoms with Gasteiger partial charge in [0.1, 0.15) is 5.60 Å². The molecule has 1 aliphatic heterocycles. The first kappa shape index (κ1) is 52.9. The van der Waals surface area contributed by atoms with Crippen LogP contribution in [-0.4, -0.2) is 111 Å². The van der Waals surface area contributed by atoms with Crippen LogP contribution in [0.5, 0.6) is 0 Å². The predicted octanol–water partition coefficient (Wildman–Crippen LogP) is 5.21. The second-order valence-corrected chi connectivity index (χ2v) is 14.6. The molecule has 336 valence electrons. The van der Waals surface area contributed by atoms with Gasteiger partial charge in [0.15, 0.2) is 18.5 Å². The summed E-state index contributed by atoms with van der Waals surface area (Å²) < 4.78 is 49.4. The Labute approximate surface area is 352 Å². The fourth-order valence-corrected chi connectivity index (χ4v) is 4.94.